The Bertz CT molecular complexity index is 864. The van der Waals surface area contributed by atoms with E-state index in [0.29, 0.717) is 11.3 Å². The fraction of sp³-hybridized carbons (Fsp3) is 0.429. The van der Waals surface area contributed by atoms with Crippen molar-refractivity contribution in [1.29, 1.82) is 0 Å². The highest BCUT2D eigenvalue weighted by Gasteiger charge is 2.30. The Labute approximate surface area is 157 Å². The first-order valence-electron chi connectivity index (χ1n) is 9.54. The Morgan fingerprint density at radius 3 is 2.63 bits per heavy atom. The summed E-state index contributed by atoms with van der Waals surface area (Å²) in [6, 6.07) is 6.46. The topological polar surface area (TPSA) is 65.2 Å². The van der Waals surface area contributed by atoms with E-state index in [2.05, 4.69) is 22.2 Å². The highest BCUT2D eigenvalue weighted by atomic mass is 19.1. The van der Waals surface area contributed by atoms with Crippen molar-refractivity contribution in [1.82, 2.24) is 15.2 Å². The zero-order valence-corrected chi connectivity index (χ0v) is 15.4. The monoisotopic (exact) mass is 369 g/mol. The summed E-state index contributed by atoms with van der Waals surface area (Å²) in [5.41, 5.74) is 1.57. The molecule has 1 saturated carbocycles. The van der Waals surface area contributed by atoms with Crippen molar-refractivity contribution >= 4 is 11.7 Å². The highest BCUT2D eigenvalue weighted by molar-refractivity contribution is 6.11. The lowest BCUT2D eigenvalue weighted by molar-refractivity contribution is 0.0912. The molecular formula is C21H24FN3O2. The van der Waals surface area contributed by atoms with Crippen LogP contribution in [-0.2, 0) is 0 Å². The van der Waals surface area contributed by atoms with Crippen LogP contribution in [0.15, 0.2) is 30.5 Å². The van der Waals surface area contributed by atoms with Gasteiger partial charge in [-0.3, -0.25) is 9.59 Å². The number of nitrogens with one attached hydrogen (secondary N) is 2. The lowest BCUT2D eigenvalue weighted by atomic mass is 9.96. The van der Waals surface area contributed by atoms with Gasteiger partial charge in [0.1, 0.15) is 11.5 Å². The standard InChI is InChI=1S/C21H24FN3O2/c1-25-9-7-15(8-10-25)24-21(27)18-11-14(12-23-18)20(26)19-16(13-5-6-13)3-2-4-17(19)22/h2-4,11-13,15,23H,5-10H2,1H3,(H,24,27). The predicted molar refractivity (Wildman–Crippen MR) is 101 cm³/mol. The molecule has 0 unspecified atom stereocenters. The lowest BCUT2D eigenvalue weighted by Gasteiger charge is -2.29. The van der Waals surface area contributed by atoms with Crippen molar-refractivity contribution in [3.63, 3.8) is 0 Å². The number of carbonyl (C=O) groups is 2. The minimum Gasteiger partial charge on any atom is -0.356 e. The van der Waals surface area contributed by atoms with Gasteiger partial charge in [-0.25, -0.2) is 4.39 Å². The zero-order valence-electron chi connectivity index (χ0n) is 15.4. The first-order chi connectivity index (χ1) is 13.0. The average molecular weight is 369 g/mol. The number of amides is 1. The Kier molecular flexibility index (Phi) is 4.83. The van der Waals surface area contributed by atoms with E-state index in [-0.39, 0.29) is 29.2 Å². The second-order valence-electron chi connectivity index (χ2n) is 7.66. The van der Waals surface area contributed by atoms with Gasteiger partial charge in [-0.05, 0) is 69.4 Å². The number of aromatic amines is 1. The fourth-order valence-electron chi connectivity index (χ4n) is 3.73. The summed E-state index contributed by atoms with van der Waals surface area (Å²) in [5, 5.41) is 3.02. The maximum absolute atomic E-state index is 14.4. The summed E-state index contributed by atoms with van der Waals surface area (Å²) < 4.78 is 14.4. The number of piperidine rings is 1. The average Bonchev–Trinajstić information content (AvgIpc) is 3.38. The second kappa shape index (κ2) is 7.27. The van der Waals surface area contributed by atoms with E-state index in [1.54, 1.807) is 6.07 Å². The molecule has 1 saturated heterocycles. The number of aromatic nitrogens is 1. The Morgan fingerprint density at radius 2 is 1.93 bits per heavy atom. The number of H-pyrrole nitrogens is 1. The maximum atomic E-state index is 14.4. The van der Waals surface area contributed by atoms with Gasteiger partial charge in [0, 0.05) is 17.8 Å². The molecule has 2 fully saturated rings. The van der Waals surface area contributed by atoms with E-state index in [1.807, 2.05) is 6.07 Å². The molecule has 1 aliphatic carbocycles. The molecular weight excluding hydrogens is 345 g/mol. The number of hydrogen-bond donors (Lipinski definition) is 2. The molecule has 2 heterocycles. The number of ketones is 1. The molecule has 0 spiro atoms. The third-order valence-corrected chi connectivity index (χ3v) is 5.53. The van der Waals surface area contributed by atoms with Crippen molar-refractivity contribution in [2.45, 2.75) is 37.6 Å². The third-order valence-electron chi connectivity index (χ3n) is 5.53. The summed E-state index contributed by atoms with van der Waals surface area (Å²) >= 11 is 0. The molecule has 1 amide bonds. The van der Waals surface area contributed by atoms with Gasteiger partial charge >= 0.3 is 0 Å². The molecule has 4 rings (SSSR count). The van der Waals surface area contributed by atoms with Gasteiger partial charge < -0.3 is 15.2 Å². The summed E-state index contributed by atoms with van der Waals surface area (Å²) in [6.07, 6.45) is 5.29. The van der Waals surface area contributed by atoms with Gasteiger partial charge in [0.05, 0.1) is 5.56 Å². The number of halogens is 1. The molecule has 1 aromatic carbocycles. The number of rotatable bonds is 5. The normalized spacial score (nSPS) is 18.4. The molecule has 27 heavy (non-hydrogen) atoms. The number of likely N-dealkylation sites (tertiary alicyclic amines) is 1. The van der Waals surface area contributed by atoms with Crippen LogP contribution < -0.4 is 5.32 Å². The molecule has 0 radical (unpaired) electrons. The quantitative estimate of drug-likeness (QED) is 0.796. The second-order valence-corrected chi connectivity index (χ2v) is 7.66. The number of benzene rings is 1. The largest absolute Gasteiger partial charge is 0.356 e. The van der Waals surface area contributed by atoms with Gasteiger partial charge in [0.25, 0.3) is 5.91 Å². The van der Waals surface area contributed by atoms with E-state index in [0.717, 1.165) is 44.3 Å². The smallest absolute Gasteiger partial charge is 0.267 e. The van der Waals surface area contributed by atoms with E-state index < -0.39 is 5.82 Å². The minimum atomic E-state index is -0.497. The summed E-state index contributed by atoms with van der Waals surface area (Å²) in [7, 11) is 2.07. The molecule has 2 aliphatic rings. The maximum Gasteiger partial charge on any atom is 0.267 e. The lowest BCUT2D eigenvalue weighted by Crippen LogP contribution is -2.43. The van der Waals surface area contributed by atoms with Crippen LogP contribution in [0.2, 0.25) is 0 Å². The summed E-state index contributed by atoms with van der Waals surface area (Å²) in [5.74, 6) is -0.821. The van der Waals surface area contributed by atoms with Crippen molar-refractivity contribution in [2.75, 3.05) is 20.1 Å². The van der Waals surface area contributed by atoms with E-state index >= 15 is 0 Å². The van der Waals surface area contributed by atoms with Crippen LogP contribution in [0.4, 0.5) is 4.39 Å². The minimum absolute atomic E-state index is 0.140. The molecule has 142 valence electrons. The van der Waals surface area contributed by atoms with Gasteiger partial charge in [-0.2, -0.15) is 0 Å². The summed E-state index contributed by atoms with van der Waals surface area (Å²) in [6.45, 7) is 1.91. The van der Waals surface area contributed by atoms with Gasteiger partial charge in [0.15, 0.2) is 5.78 Å². The molecule has 6 heteroatoms. The highest BCUT2D eigenvalue weighted by Crippen LogP contribution is 2.42. The number of nitrogens with zero attached hydrogens (tertiary/aromatic N) is 1. The molecule has 1 aromatic heterocycles. The fourth-order valence-corrected chi connectivity index (χ4v) is 3.73. The SMILES string of the molecule is CN1CCC(NC(=O)c2cc(C(=O)c3c(F)cccc3C3CC3)c[nH]2)CC1. The van der Waals surface area contributed by atoms with E-state index in [1.165, 1.54) is 18.3 Å². The predicted octanol–water partition coefficient (Wildman–Crippen LogP) is 3.09. The van der Waals surface area contributed by atoms with Crippen molar-refractivity contribution < 1.29 is 14.0 Å². The number of carbonyl (C=O) groups excluding carboxylic acids is 2. The van der Waals surface area contributed by atoms with Crippen molar-refractivity contribution in [2.24, 2.45) is 0 Å². The van der Waals surface area contributed by atoms with Crippen LogP contribution in [0.3, 0.4) is 0 Å². The molecule has 0 atom stereocenters. The van der Waals surface area contributed by atoms with E-state index in [9.17, 15) is 14.0 Å². The van der Waals surface area contributed by atoms with Gasteiger partial charge in [-0.1, -0.05) is 12.1 Å². The van der Waals surface area contributed by atoms with Crippen LogP contribution >= 0.6 is 0 Å². The summed E-state index contributed by atoms with van der Waals surface area (Å²) in [4.78, 5) is 30.5. The first kappa shape index (κ1) is 17.9. The Morgan fingerprint density at radius 1 is 1.19 bits per heavy atom. The Hall–Kier alpha value is -2.47. The van der Waals surface area contributed by atoms with Crippen LogP contribution in [-0.4, -0.2) is 47.8 Å². The van der Waals surface area contributed by atoms with Crippen LogP contribution in [0, 0.1) is 5.82 Å². The van der Waals surface area contributed by atoms with Crippen LogP contribution in [0.25, 0.3) is 0 Å². The Balaban J connectivity index is 1.49. The number of hydrogen-bond acceptors (Lipinski definition) is 3. The molecule has 2 aromatic rings. The molecule has 1 aliphatic heterocycles. The van der Waals surface area contributed by atoms with Crippen LogP contribution in [0.5, 0.6) is 0 Å². The molecule has 2 N–H and O–H groups in total. The van der Waals surface area contributed by atoms with E-state index in [4.69, 9.17) is 0 Å². The van der Waals surface area contributed by atoms with Crippen LogP contribution in [0.1, 0.15) is 63.6 Å². The third kappa shape index (κ3) is 3.81. The van der Waals surface area contributed by atoms with Crippen molar-refractivity contribution in [3.05, 3.63) is 58.7 Å². The molecule has 5 nitrogen and oxygen atoms in total. The molecule has 0 bridgehead atoms. The van der Waals surface area contributed by atoms with Crippen molar-refractivity contribution in [3.8, 4) is 0 Å². The van der Waals surface area contributed by atoms with Gasteiger partial charge in [-0.15, -0.1) is 0 Å². The van der Waals surface area contributed by atoms with Gasteiger partial charge in [0.2, 0.25) is 0 Å². The first-order valence-corrected chi connectivity index (χ1v) is 9.54. The zero-order chi connectivity index (χ0) is 19.0.